The van der Waals surface area contributed by atoms with E-state index in [2.05, 4.69) is 21.0 Å². The van der Waals surface area contributed by atoms with Crippen molar-refractivity contribution in [1.29, 1.82) is 0 Å². The lowest BCUT2D eigenvalue weighted by molar-refractivity contribution is 0.231. The summed E-state index contributed by atoms with van der Waals surface area (Å²) in [6.07, 6.45) is 0.0259. The molecule has 2 rings (SSSR count). The van der Waals surface area contributed by atoms with E-state index in [4.69, 9.17) is 15.2 Å². The maximum Gasteiger partial charge on any atom is 0.172 e. The number of nitrogens with two attached hydrogens (primary N) is 1. The van der Waals surface area contributed by atoms with Gasteiger partial charge in [-0.15, -0.1) is 0 Å². The summed E-state index contributed by atoms with van der Waals surface area (Å²) in [5.74, 6) is 1.92. The summed E-state index contributed by atoms with van der Waals surface area (Å²) in [5, 5.41) is 4.41. The molecule has 0 fully saturated rings. The molecule has 1 aromatic carbocycles. The maximum atomic E-state index is 5.91. The summed E-state index contributed by atoms with van der Waals surface area (Å²) in [7, 11) is 3.42. The molecule has 0 unspecified atom stereocenters. The summed E-state index contributed by atoms with van der Waals surface area (Å²) in [5.41, 5.74) is 7.44. The van der Waals surface area contributed by atoms with E-state index in [0.717, 1.165) is 15.7 Å². The minimum atomic E-state index is 0.0259. The molecule has 20 heavy (non-hydrogen) atoms. The molecule has 0 aliphatic carbocycles. The summed E-state index contributed by atoms with van der Waals surface area (Å²) in [6, 6.07) is 5.58. The predicted octanol–water partition coefficient (Wildman–Crippen LogP) is 3.23. The zero-order valence-electron chi connectivity index (χ0n) is 12.0. The number of methoxy groups -OCH3 is 1. The van der Waals surface area contributed by atoms with Gasteiger partial charge in [-0.1, -0.05) is 0 Å². The monoisotopic (exact) mass is 339 g/mol. The summed E-state index contributed by atoms with van der Waals surface area (Å²) < 4.78 is 13.8. The largest absolute Gasteiger partial charge is 0.493 e. The fourth-order valence-electron chi connectivity index (χ4n) is 1.90. The lowest BCUT2D eigenvalue weighted by Crippen LogP contribution is -2.08. The Balaban J connectivity index is 2.65. The Morgan fingerprint density at radius 3 is 2.55 bits per heavy atom. The van der Waals surface area contributed by atoms with E-state index in [1.807, 2.05) is 32.0 Å². The Kier molecular flexibility index (Phi) is 4.23. The highest BCUT2D eigenvalue weighted by Crippen LogP contribution is 2.43. The summed E-state index contributed by atoms with van der Waals surface area (Å²) in [4.78, 5) is 0. The van der Waals surface area contributed by atoms with Gasteiger partial charge in [-0.25, -0.2) is 0 Å². The van der Waals surface area contributed by atoms with Crippen molar-refractivity contribution in [2.24, 2.45) is 7.05 Å². The quantitative estimate of drug-likeness (QED) is 0.928. The molecule has 0 radical (unpaired) electrons. The van der Waals surface area contributed by atoms with Crippen molar-refractivity contribution in [2.45, 2.75) is 20.0 Å². The van der Waals surface area contributed by atoms with Crippen molar-refractivity contribution >= 4 is 21.7 Å². The van der Waals surface area contributed by atoms with Crippen molar-refractivity contribution in [1.82, 2.24) is 9.78 Å². The average molecular weight is 340 g/mol. The molecule has 1 heterocycles. The van der Waals surface area contributed by atoms with Crippen LogP contribution in [0.3, 0.4) is 0 Å². The molecule has 2 N–H and O–H groups in total. The molecule has 0 bridgehead atoms. The summed E-state index contributed by atoms with van der Waals surface area (Å²) in [6.45, 7) is 3.94. The van der Waals surface area contributed by atoms with Crippen LogP contribution in [0.5, 0.6) is 11.5 Å². The standard InChI is InChI=1S/C14H18BrN3O2/c1-8(2)20-14-11(19-4)6-5-9(15)13(14)10-7-12(16)18(3)17-10/h5-8H,16H2,1-4H3. The zero-order valence-corrected chi connectivity index (χ0v) is 13.6. The van der Waals surface area contributed by atoms with Crippen molar-refractivity contribution in [3.63, 3.8) is 0 Å². The number of rotatable bonds is 4. The molecule has 0 amide bonds. The van der Waals surface area contributed by atoms with Gasteiger partial charge in [-0.2, -0.15) is 5.10 Å². The Morgan fingerprint density at radius 2 is 2.05 bits per heavy atom. The number of aromatic nitrogens is 2. The minimum absolute atomic E-state index is 0.0259. The molecular weight excluding hydrogens is 322 g/mol. The minimum Gasteiger partial charge on any atom is -0.493 e. The van der Waals surface area contributed by atoms with Gasteiger partial charge in [0, 0.05) is 17.6 Å². The fraction of sp³-hybridized carbons (Fsp3) is 0.357. The first kappa shape index (κ1) is 14.7. The highest BCUT2D eigenvalue weighted by atomic mass is 79.9. The molecule has 0 atom stereocenters. The number of halogens is 1. The smallest absolute Gasteiger partial charge is 0.172 e. The molecule has 1 aromatic heterocycles. The lowest BCUT2D eigenvalue weighted by Gasteiger charge is -2.17. The fourth-order valence-corrected chi connectivity index (χ4v) is 2.41. The third-order valence-electron chi connectivity index (χ3n) is 2.82. The predicted molar refractivity (Wildman–Crippen MR) is 83.1 cm³/mol. The number of hydrogen-bond donors (Lipinski definition) is 1. The zero-order chi connectivity index (χ0) is 14.9. The van der Waals surface area contributed by atoms with Gasteiger partial charge in [-0.05, 0) is 41.9 Å². The maximum absolute atomic E-state index is 5.91. The van der Waals surface area contributed by atoms with Crippen molar-refractivity contribution in [3.8, 4) is 22.8 Å². The van der Waals surface area contributed by atoms with Crippen LogP contribution in [0, 0.1) is 0 Å². The Morgan fingerprint density at radius 1 is 1.35 bits per heavy atom. The average Bonchev–Trinajstić information content (AvgIpc) is 2.69. The van der Waals surface area contributed by atoms with Crippen LogP contribution in [0.25, 0.3) is 11.3 Å². The number of ether oxygens (including phenoxy) is 2. The number of anilines is 1. The SMILES string of the molecule is COc1ccc(Br)c(-c2cc(N)n(C)n2)c1OC(C)C. The highest BCUT2D eigenvalue weighted by molar-refractivity contribution is 9.10. The van der Waals surface area contributed by atoms with E-state index < -0.39 is 0 Å². The Hall–Kier alpha value is -1.69. The van der Waals surface area contributed by atoms with Crippen LogP contribution in [-0.2, 0) is 7.05 Å². The van der Waals surface area contributed by atoms with E-state index in [1.54, 1.807) is 18.8 Å². The number of nitrogens with zero attached hydrogens (tertiary/aromatic N) is 2. The first-order valence-corrected chi connectivity index (χ1v) is 7.06. The number of hydrogen-bond acceptors (Lipinski definition) is 4. The molecule has 0 spiro atoms. The van der Waals surface area contributed by atoms with Crippen LogP contribution < -0.4 is 15.2 Å². The van der Waals surface area contributed by atoms with E-state index in [1.165, 1.54) is 0 Å². The number of aryl methyl sites for hydroxylation is 1. The molecule has 0 aliphatic rings. The number of benzene rings is 1. The summed E-state index contributed by atoms with van der Waals surface area (Å²) >= 11 is 3.55. The van der Waals surface area contributed by atoms with Gasteiger partial charge in [-0.3, -0.25) is 4.68 Å². The third-order valence-corrected chi connectivity index (χ3v) is 3.48. The number of nitrogen functional groups attached to an aromatic ring is 1. The van der Waals surface area contributed by atoms with Gasteiger partial charge in [0.25, 0.3) is 0 Å². The van der Waals surface area contributed by atoms with Crippen LogP contribution in [0.1, 0.15) is 13.8 Å². The third kappa shape index (κ3) is 2.75. The van der Waals surface area contributed by atoms with Crippen LogP contribution in [-0.4, -0.2) is 23.0 Å². The van der Waals surface area contributed by atoms with Crippen LogP contribution in [0.2, 0.25) is 0 Å². The molecule has 2 aromatic rings. The van der Waals surface area contributed by atoms with Gasteiger partial charge in [0.15, 0.2) is 11.5 Å². The second-order valence-electron chi connectivity index (χ2n) is 4.70. The molecular formula is C14H18BrN3O2. The molecule has 5 nitrogen and oxygen atoms in total. The van der Waals surface area contributed by atoms with Crippen molar-refractivity contribution < 1.29 is 9.47 Å². The molecule has 108 valence electrons. The van der Waals surface area contributed by atoms with Gasteiger partial charge < -0.3 is 15.2 Å². The second kappa shape index (κ2) is 5.75. The molecule has 0 saturated carbocycles. The molecule has 6 heteroatoms. The van der Waals surface area contributed by atoms with E-state index in [9.17, 15) is 0 Å². The first-order chi connectivity index (χ1) is 9.43. The lowest BCUT2D eigenvalue weighted by atomic mass is 10.1. The highest BCUT2D eigenvalue weighted by Gasteiger charge is 2.20. The van der Waals surface area contributed by atoms with Crippen LogP contribution >= 0.6 is 15.9 Å². The van der Waals surface area contributed by atoms with E-state index in [-0.39, 0.29) is 6.10 Å². The molecule has 0 aliphatic heterocycles. The topological polar surface area (TPSA) is 62.3 Å². The van der Waals surface area contributed by atoms with Crippen LogP contribution in [0.15, 0.2) is 22.7 Å². The van der Waals surface area contributed by atoms with Crippen LogP contribution in [0.4, 0.5) is 5.82 Å². The Bertz CT molecular complexity index is 604. The Labute approximate surface area is 126 Å². The van der Waals surface area contributed by atoms with Gasteiger partial charge >= 0.3 is 0 Å². The van der Waals surface area contributed by atoms with Crippen molar-refractivity contribution in [3.05, 3.63) is 22.7 Å². The molecule has 0 saturated heterocycles. The van der Waals surface area contributed by atoms with E-state index >= 15 is 0 Å². The van der Waals surface area contributed by atoms with Gasteiger partial charge in [0.2, 0.25) is 0 Å². The van der Waals surface area contributed by atoms with Gasteiger partial charge in [0.05, 0.1) is 24.5 Å². The van der Waals surface area contributed by atoms with Gasteiger partial charge in [0.1, 0.15) is 5.82 Å². The first-order valence-electron chi connectivity index (χ1n) is 6.27. The van der Waals surface area contributed by atoms with Crippen molar-refractivity contribution in [2.75, 3.05) is 12.8 Å². The normalized spacial score (nSPS) is 10.9. The van der Waals surface area contributed by atoms with E-state index in [0.29, 0.717) is 17.3 Å². The second-order valence-corrected chi connectivity index (χ2v) is 5.55.